The molecule has 4 rings (SSSR count). The molecule has 0 aliphatic carbocycles. The molecule has 1 fully saturated rings. The fraction of sp³-hybridized carbons (Fsp3) is 0.333. The summed E-state index contributed by atoms with van der Waals surface area (Å²) in [4.78, 5) is 11.8. The number of pyridine rings is 1. The Morgan fingerprint density at radius 2 is 1.92 bits per heavy atom. The van der Waals surface area contributed by atoms with E-state index in [1.165, 1.54) is 0 Å². The van der Waals surface area contributed by atoms with E-state index in [1.807, 2.05) is 30.5 Å². The van der Waals surface area contributed by atoms with E-state index in [2.05, 4.69) is 31.9 Å². The number of ether oxygens (including phenoxy) is 1. The molecule has 6 nitrogen and oxygen atoms in total. The lowest BCUT2D eigenvalue weighted by Crippen LogP contribution is -2.43. The number of piperazine rings is 1. The molecular weight excluding hydrogens is 302 g/mol. The number of hydrogen-bond acceptors (Lipinski definition) is 5. The molecule has 0 radical (unpaired) electrons. The molecule has 2 aromatic heterocycles. The number of nitrogens with zero attached hydrogens (tertiary/aromatic N) is 4. The molecular formula is C18H21N5O. The number of hydrogen-bond donors (Lipinski definition) is 1. The van der Waals surface area contributed by atoms with E-state index in [4.69, 9.17) is 9.72 Å². The van der Waals surface area contributed by atoms with Gasteiger partial charge in [0.05, 0.1) is 13.7 Å². The summed E-state index contributed by atoms with van der Waals surface area (Å²) in [6, 6.07) is 12.0. The van der Waals surface area contributed by atoms with Gasteiger partial charge in [0.15, 0.2) is 5.65 Å². The first-order chi connectivity index (χ1) is 11.8. The number of imidazole rings is 1. The van der Waals surface area contributed by atoms with Crippen molar-refractivity contribution in [1.82, 2.24) is 24.8 Å². The van der Waals surface area contributed by atoms with Crippen molar-refractivity contribution in [3.8, 4) is 11.4 Å². The van der Waals surface area contributed by atoms with Crippen molar-refractivity contribution in [2.24, 2.45) is 0 Å². The SMILES string of the molecule is COc1ccc(-n2c(CN3CCNCC3)nc3cccnc32)cc1. The second kappa shape index (κ2) is 6.59. The number of methoxy groups -OCH3 is 1. The summed E-state index contributed by atoms with van der Waals surface area (Å²) >= 11 is 0. The van der Waals surface area contributed by atoms with Gasteiger partial charge in [-0.3, -0.25) is 9.47 Å². The zero-order valence-corrected chi connectivity index (χ0v) is 13.8. The van der Waals surface area contributed by atoms with Crippen LogP contribution in [-0.4, -0.2) is 52.7 Å². The Morgan fingerprint density at radius 1 is 1.12 bits per heavy atom. The highest BCUT2D eigenvalue weighted by Crippen LogP contribution is 2.23. The minimum Gasteiger partial charge on any atom is -0.497 e. The van der Waals surface area contributed by atoms with Gasteiger partial charge in [-0.2, -0.15) is 0 Å². The number of aromatic nitrogens is 3. The van der Waals surface area contributed by atoms with Crippen molar-refractivity contribution in [3.63, 3.8) is 0 Å². The second-order valence-corrected chi connectivity index (χ2v) is 5.93. The van der Waals surface area contributed by atoms with Crippen LogP contribution in [0.25, 0.3) is 16.9 Å². The minimum atomic E-state index is 0.823. The number of rotatable bonds is 4. The Bertz CT molecular complexity index is 821. The third-order valence-electron chi connectivity index (χ3n) is 4.39. The van der Waals surface area contributed by atoms with Crippen LogP contribution in [0.15, 0.2) is 42.6 Å². The predicted molar refractivity (Wildman–Crippen MR) is 93.6 cm³/mol. The molecule has 3 heterocycles. The highest BCUT2D eigenvalue weighted by molar-refractivity contribution is 5.73. The maximum absolute atomic E-state index is 5.27. The van der Waals surface area contributed by atoms with Crippen molar-refractivity contribution in [1.29, 1.82) is 0 Å². The van der Waals surface area contributed by atoms with Crippen LogP contribution in [0, 0.1) is 0 Å². The first-order valence-electron chi connectivity index (χ1n) is 8.25. The molecule has 1 saturated heterocycles. The Labute approximate surface area is 141 Å². The summed E-state index contributed by atoms with van der Waals surface area (Å²) in [5, 5.41) is 3.39. The van der Waals surface area contributed by atoms with Crippen LogP contribution in [0.5, 0.6) is 5.75 Å². The van der Waals surface area contributed by atoms with Gasteiger partial charge in [-0.15, -0.1) is 0 Å². The van der Waals surface area contributed by atoms with Crippen molar-refractivity contribution in [2.75, 3.05) is 33.3 Å². The van der Waals surface area contributed by atoms with Gasteiger partial charge in [-0.05, 0) is 36.4 Å². The summed E-state index contributed by atoms with van der Waals surface area (Å²) in [5.74, 6) is 1.87. The van der Waals surface area contributed by atoms with E-state index in [-0.39, 0.29) is 0 Å². The zero-order valence-electron chi connectivity index (χ0n) is 13.8. The molecule has 1 aliphatic rings. The molecule has 0 atom stereocenters. The lowest BCUT2D eigenvalue weighted by Gasteiger charge is -2.27. The molecule has 1 aliphatic heterocycles. The summed E-state index contributed by atoms with van der Waals surface area (Å²) in [6.07, 6.45) is 1.82. The fourth-order valence-electron chi connectivity index (χ4n) is 3.14. The van der Waals surface area contributed by atoms with Gasteiger partial charge < -0.3 is 10.1 Å². The van der Waals surface area contributed by atoms with Gasteiger partial charge in [0.2, 0.25) is 0 Å². The van der Waals surface area contributed by atoms with Gasteiger partial charge in [-0.1, -0.05) is 0 Å². The van der Waals surface area contributed by atoms with Crippen LogP contribution in [-0.2, 0) is 6.54 Å². The van der Waals surface area contributed by atoms with Crippen LogP contribution in [0.1, 0.15) is 5.82 Å². The number of fused-ring (bicyclic) bond motifs is 1. The summed E-state index contributed by atoms with van der Waals surface area (Å²) < 4.78 is 7.42. The molecule has 124 valence electrons. The maximum atomic E-state index is 5.27. The van der Waals surface area contributed by atoms with E-state index in [0.29, 0.717) is 0 Å². The Morgan fingerprint density at radius 3 is 2.67 bits per heavy atom. The molecule has 0 unspecified atom stereocenters. The standard InChI is InChI=1S/C18H21N5O/c1-24-15-6-4-14(5-7-15)23-17(13-22-11-9-19-10-12-22)21-16-3-2-8-20-18(16)23/h2-8,19H,9-13H2,1H3. The maximum Gasteiger partial charge on any atom is 0.164 e. The predicted octanol–water partition coefficient (Wildman–Crippen LogP) is 1.83. The van der Waals surface area contributed by atoms with E-state index < -0.39 is 0 Å². The average Bonchev–Trinajstić information content (AvgIpc) is 3.00. The third kappa shape index (κ3) is 2.86. The summed E-state index contributed by atoms with van der Waals surface area (Å²) in [7, 11) is 1.68. The van der Waals surface area contributed by atoms with Crippen LogP contribution >= 0.6 is 0 Å². The smallest absolute Gasteiger partial charge is 0.164 e. The monoisotopic (exact) mass is 323 g/mol. The van der Waals surface area contributed by atoms with Crippen LogP contribution in [0.4, 0.5) is 0 Å². The van der Waals surface area contributed by atoms with Gasteiger partial charge in [0.1, 0.15) is 17.1 Å². The third-order valence-corrected chi connectivity index (χ3v) is 4.39. The average molecular weight is 323 g/mol. The van der Waals surface area contributed by atoms with Crippen molar-refractivity contribution >= 4 is 11.2 Å². The molecule has 0 bridgehead atoms. The number of benzene rings is 1. The molecule has 24 heavy (non-hydrogen) atoms. The van der Waals surface area contributed by atoms with Gasteiger partial charge in [-0.25, -0.2) is 9.97 Å². The largest absolute Gasteiger partial charge is 0.497 e. The molecule has 6 heteroatoms. The Hall–Kier alpha value is -2.44. The molecule has 1 N–H and O–H groups in total. The molecule has 0 amide bonds. The van der Waals surface area contributed by atoms with E-state index in [0.717, 1.165) is 61.1 Å². The fourth-order valence-corrected chi connectivity index (χ4v) is 3.14. The molecule has 3 aromatic rings. The van der Waals surface area contributed by atoms with Crippen LogP contribution in [0.2, 0.25) is 0 Å². The lowest BCUT2D eigenvalue weighted by atomic mass is 10.3. The number of nitrogens with one attached hydrogen (secondary N) is 1. The van der Waals surface area contributed by atoms with E-state index in [9.17, 15) is 0 Å². The second-order valence-electron chi connectivity index (χ2n) is 5.93. The summed E-state index contributed by atoms with van der Waals surface area (Å²) in [6.45, 7) is 4.96. The molecule has 0 saturated carbocycles. The highest BCUT2D eigenvalue weighted by atomic mass is 16.5. The summed E-state index contributed by atoms with van der Waals surface area (Å²) in [5.41, 5.74) is 2.88. The normalized spacial score (nSPS) is 15.7. The van der Waals surface area contributed by atoms with Crippen LogP contribution < -0.4 is 10.1 Å². The Balaban J connectivity index is 1.76. The van der Waals surface area contributed by atoms with Crippen molar-refractivity contribution in [3.05, 3.63) is 48.4 Å². The van der Waals surface area contributed by atoms with Gasteiger partial charge in [0.25, 0.3) is 0 Å². The lowest BCUT2D eigenvalue weighted by molar-refractivity contribution is 0.227. The highest BCUT2D eigenvalue weighted by Gasteiger charge is 2.17. The van der Waals surface area contributed by atoms with Gasteiger partial charge in [0, 0.05) is 38.1 Å². The van der Waals surface area contributed by atoms with Crippen molar-refractivity contribution < 1.29 is 4.74 Å². The van der Waals surface area contributed by atoms with Gasteiger partial charge >= 0.3 is 0 Å². The first kappa shape index (κ1) is 15.1. The molecule has 0 spiro atoms. The molecule has 1 aromatic carbocycles. The quantitative estimate of drug-likeness (QED) is 0.794. The van der Waals surface area contributed by atoms with E-state index in [1.54, 1.807) is 7.11 Å². The minimum absolute atomic E-state index is 0.823. The topological polar surface area (TPSA) is 55.2 Å². The first-order valence-corrected chi connectivity index (χ1v) is 8.25. The van der Waals surface area contributed by atoms with Crippen LogP contribution in [0.3, 0.4) is 0 Å². The van der Waals surface area contributed by atoms with Crippen molar-refractivity contribution in [2.45, 2.75) is 6.54 Å². The van der Waals surface area contributed by atoms with E-state index >= 15 is 0 Å². The zero-order chi connectivity index (χ0) is 16.4. The Kier molecular flexibility index (Phi) is 4.15.